The van der Waals surface area contributed by atoms with Gasteiger partial charge in [-0.1, -0.05) is 48.0 Å². The van der Waals surface area contributed by atoms with Gasteiger partial charge in [0, 0.05) is 36.9 Å². The zero-order valence-electron chi connectivity index (χ0n) is 14.7. The molecule has 1 aliphatic rings. The van der Waals surface area contributed by atoms with Gasteiger partial charge >= 0.3 is 0 Å². The highest BCUT2D eigenvalue weighted by Crippen LogP contribution is 2.27. The minimum atomic E-state index is -0.298. The zero-order chi connectivity index (χ0) is 17.8. The Morgan fingerprint density at radius 3 is 2.40 bits per heavy atom. The number of anilines is 1. The van der Waals surface area contributed by atoms with Crippen molar-refractivity contribution in [1.29, 1.82) is 0 Å². The second kappa shape index (κ2) is 8.00. The number of hydrogen-bond acceptors (Lipinski definition) is 3. The van der Waals surface area contributed by atoms with E-state index < -0.39 is 0 Å². The fraction of sp³-hybridized carbons (Fsp3) is 0.350. The molecule has 2 aromatic carbocycles. The lowest BCUT2D eigenvalue weighted by Gasteiger charge is -2.37. The van der Waals surface area contributed by atoms with Gasteiger partial charge in [0.1, 0.15) is 6.04 Å². The molecule has 0 spiro atoms. The summed E-state index contributed by atoms with van der Waals surface area (Å²) in [5.41, 5.74) is 2.68. The number of benzene rings is 2. The highest BCUT2D eigenvalue weighted by atomic mass is 35.5. The lowest BCUT2D eigenvalue weighted by molar-refractivity contribution is -0.122. The number of nitrogens with zero attached hydrogens (tertiary/aromatic N) is 2. The van der Waals surface area contributed by atoms with Crippen molar-refractivity contribution in [2.75, 3.05) is 38.5 Å². The summed E-state index contributed by atoms with van der Waals surface area (Å²) in [6, 6.07) is 15.3. The lowest BCUT2D eigenvalue weighted by Crippen LogP contribution is -2.48. The number of carbonyl (C=O) groups is 1. The molecule has 1 N–H and O–H groups in total. The minimum absolute atomic E-state index is 0.0129. The van der Waals surface area contributed by atoms with E-state index >= 15 is 0 Å². The normalized spacial score (nSPS) is 17.2. The number of likely N-dealkylation sites (N-methyl/N-ethyl adjacent to an activating group) is 1. The highest BCUT2D eigenvalue weighted by Gasteiger charge is 2.30. The Hall–Kier alpha value is -1.88. The van der Waals surface area contributed by atoms with Crippen LogP contribution < -0.4 is 5.32 Å². The summed E-state index contributed by atoms with van der Waals surface area (Å²) in [6.07, 6.45) is 0. The predicted molar refractivity (Wildman–Crippen MR) is 103 cm³/mol. The van der Waals surface area contributed by atoms with Crippen LogP contribution in [-0.4, -0.2) is 48.9 Å². The molecule has 0 radical (unpaired) electrons. The maximum Gasteiger partial charge on any atom is 0.246 e. The maximum atomic E-state index is 13.1. The third-order valence-electron chi connectivity index (χ3n) is 4.79. The Morgan fingerprint density at radius 2 is 1.72 bits per heavy atom. The molecule has 1 aliphatic heterocycles. The van der Waals surface area contributed by atoms with Crippen molar-refractivity contribution in [1.82, 2.24) is 9.80 Å². The minimum Gasteiger partial charge on any atom is -0.324 e. The van der Waals surface area contributed by atoms with E-state index in [2.05, 4.69) is 22.2 Å². The number of nitrogens with one attached hydrogen (secondary N) is 1. The molecule has 5 heteroatoms. The fourth-order valence-corrected chi connectivity index (χ4v) is 3.36. The van der Waals surface area contributed by atoms with Gasteiger partial charge in [0.15, 0.2) is 0 Å². The van der Waals surface area contributed by atoms with E-state index in [1.54, 1.807) is 0 Å². The van der Waals surface area contributed by atoms with Crippen molar-refractivity contribution in [2.24, 2.45) is 0 Å². The Balaban J connectivity index is 1.86. The van der Waals surface area contributed by atoms with Crippen LogP contribution >= 0.6 is 11.6 Å². The van der Waals surface area contributed by atoms with E-state index in [0.29, 0.717) is 5.02 Å². The van der Waals surface area contributed by atoms with Crippen LogP contribution in [0.25, 0.3) is 0 Å². The molecule has 1 heterocycles. The zero-order valence-corrected chi connectivity index (χ0v) is 15.5. The number of rotatable bonds is 4. The quantitative estimate of drug-likeness (QED) is 0.908. The second-order valence-corrected chi connectivity index (χ2v) is 6.96. The van der Waals surface area contributed by atoms with Crippen molar-refractivity contribution >= 4 is 23.2 Å². The molecule has 1 saturated heterocycles. The van der Waals surface area contributed by atoms with Gasteiger partial charge in [-0.15, -0.1) is 0 Å². The summed E-state index contributed by atoms with van der Waals surface area (Å²) < 4.78 is 0. The van der Waals surface area contributed by atoms with E-state index in [4.69, 9.17) is 11.6 Å². The van der Waals surface area contributed by atoms with Gasteiger partial charge < -0.3 is 10.2 Å². The van der Waals surface area contributed by atoms with Crippen LogP contribution in [0.4, 0.5) is 5.69 Å². The smallest absolute Gasteiger partial charge is 0.246 e. The molecule has 0 saturated carbocycles. The van der Waals surface area contributed by atoms with Gasteiger partial charge in [-0.3, -0.25) is 9.69 Å². The van der Waals surface area contributed by atoms with E-state index in [0.717, 1.165) is 43.0 Å². The highest BCUT2D eigenvalue weighted by molar-refractivity contribution is 6.31. The van der Waals surface area contributed by atoms with Crippen molar-refractivity contribution in [2.45, 2.75) is 13.0 Å². The van der Waals surface area contributed by atoms with Crippen LogP contribution in [0.2, 0.25) is 5.02 Å². The molecule has 1 amide bonds. The molecule has 0 aliphatic carbocycles. The molecule has 1 atom stereocenters. The Bertz CT molecular complexity index is 727. The average Bonchev–Trinajstić information content (AvgIpc) is 2.62. The third-order valence-corrected chi connectivity index (χ3v) is 5.20. The van der Waals surface area contributed by atoms with Crippen molar-refractivity contribution in [3.05, 3.63) is 64.7 Å². The first-order valence-electron chi connectivity index (χ1n) is 8.60. The van der Waals surface area contributed by atoms with E-state index in [1.165, 1.54) is 0 Å². The average molecular weight is 358 g/mol. The topological polar surface area (TPSA) is 35.6 Å². The summed E-state index contributed by atoms with van der Waals surface area (Å²) in [7, 11) is 2.12. The molecular weight excluding hydrogens is 334 g/mol. The van der Waals surface area contributed by atoms with Crippen LogP contribution in [0.3, 0.4) is 0 Å². The number of hydrogen-bond donors (Lipinski definition) is 1. The van der Waals surface area contributed by atoms with E-state index in [1.807, 2.05) is 55.5 Å². The SMILES string of the molecule is Cc1c(Cl)cccc1NC(=O)C(c1ccccc1)N1CCN(C)CC1. The standard InChI is InChI=1S/C20H24ClN3O/c1-15-17(21)9-6-10-18(15)22-20(25)19(16-7-4-3-5-8-16)24-13-11-23(2)12-14-24/h3-10,19H,11-14H2,1-2H3,(H,22,25). The summed E-state index contributed by atoms with van der Waals surface area (Å²) in [5, 5.41) is 3.74. The summed E-state index contributed by atoms with van der Waals surface area (Å²) in [5.74, 6) is -0.0129. The maximum absolute atomic E-state index is 13.1. The predicted octanol–water partition coefficient (Wildman–Crippen LogP) is 3.58. The molecule has 4 nitrogen and oxygen atoms in total. The summed E-state index contributed by atoms with van der Waals surface area (Å²) in [4.78, 5) is 17.7. The number of amides is 1. The molecule has 0 bridgehead atoms. The summed E-state index contributed by atoms with van der Waals surface area (Å²) in [6.45, 7) is 5.60. The van der Waals surface area contributed by atoms with Crippen LogP contribution in [0.1, 0.15) is 17.2 Å². The largest absolute Gasteiger partial charge is 0.324 e. The first kappa shape index (κ1) is 17.9. The molecule has 2 aromatic rings. The number of halogens is 1. The molecule has 1 unspecified atom stereocenters. The first-order valence-corrected chi connectivity index (χ1v) is 8.97. The van der Waals surface area contributed by atoms with E-state index in [9.17, 15) is 4.79 Å². The van der Waals surface area contributed by atoms with Gasteiger partial charge in [0.25, 0.3) is 0 Å². The summed E-state index contributed by atoms with van der Waals surface area (Å²) >= 11 is 6.19. The molecule has 1 fully saturated rings. The Labute approximate surface area is 154 Å². The van der Waals surface area contributed by atoms with Gasteiger partial charge in [-0.25, -0.2) is 0 Å². The van der Waals surface area contributed by atoms with E-state index in [-0.39, 0.29) is 11.9 Å². The molecule has 132 valence electrons. The van der Waals surface area contributed by atoms with Gasteiger partial charge in [0.2, 0.25) is 5.91 Å². The van der Waals surface area contributed by atoms with Crippen LogP contribution in [0.5, 0.6) is 0 Å². The third kappa shape index (κ3) is 4.21. The fourth-order valence-electron chi connectivity index (χ4n) is 3.19. The molecule has 25 heavy (non-hydrogen) atoms. The van der Waals surface area contributed by atoms with Gasteiger partial charge in [-0.2, -0.15) is 0 Å². The second-order valence-electron chi connectivity index (χ2n) is 6.55. The first-order chi connectivity index (χ1) is 12.1. The van der Waals surface area contributed by atoms with Gasteiger partial charge in [0.05, 0.1) is 0 Å². The Morgan fingerprint density at radius 1 is 1.04 bits per heavy atom. The molecule has 3 rings (SSSR count). The molecular formula is C20H24ClN3O. The van der Waals surface area contributed by atoms with Crippen LogP contribution in [0.15, 0.2) is 48.5 Å². The van der Waals surface area contributed by atoms with Crippen LogP contribution in [-0.2, 0) is 4.79 Å². The van der Waals surface area contributed by atoms with Gasteiger partial charge in [-0.05, 0) is 37.2 Å². The Kier molecular flexibility index (Phi) is 5.74. The van der Waals surface area contributed by atoms with Crippen molar-refractivity contribution in [3.8, 4) is 0 Å². The van der Waals surface area contributed by atoms with Crippen LogP contribution in [0, 0.1) is 6.92 Å². The van der Waals surface area contributed by atoms with Crippen molar-refractivity contribution in [3.63, 3.8) is 0 Å². The molecule has 0 aromatic heterocycles. The lowest BCUT2D eigenvalue weighted by atomic mass is 10.0. The van der Waals surface area contributed by atoms with Crippen molar-refractivity contribution < 1.29 is 4.79 Å². The monoisotopic (exact) mass is 357 g/mol. The number of carbonyl (C=O) groups excluding carboxylic acids is 1. The number of piperazine rings is 1.